The maximum absolute atomic E-state index is 6.13. The SMILES string of the molecule is CCc1nn(C)c2c1nc(N)n2-c1cccc(C)c1Br. The monoisotopic (exact) mass is 333 g/mol. The van der Waals surface area contributed by atoms with Gasteiger partial charge < -0.3 is 5.73 Å². The van der Waals surface area contributed by atoms with Crippen LogP contribution in [-0.2, 0) is 13.5 Å². The average molecular weight is 334 g/mol. The number of fused-ring (bicyclic) bond motifs is 1. The molecule has 104 valence electrons. The van der Waals surface area contributed by atoms with Crippen molar-refractivity contribution in [3.8, 4) is 5.69 Å². The van der Waals surface area contributed by atoms with Crippen molar-refractivity contribution in [2.24, 2.45) is 7.05 Å². The van der Waals surface area contributed by atoms with E-state index in [4.69, 9.17) is 5.73 Å². The van der Waals surface area contributed by atoms with Crippen molar-refractivity contribution in [2.45, 2.75) is 20.3 Å². The Bertz CT molecular complexity index is 800. The van der Waals surface area contributed by atoms with Crippen LogP contribution in [0.3, 0.4) is 0 Å². The van der Waals surface area contributed by atoms with Gasteiger partial charge in [-0.15, -0.1) is 0 Å². The van der Waals surface area contributed by atoms with Crippen molar-refractivity contribution in [2.75, 3.05) is 5.73 Å². The minimum atomic E-state index is 0.481. The number of aromatic nitrogens is 4. The number of nitrogen functional groups attached to an aromatic ring is 1. The van der Waals surface area contributed by atoms with Gasteiger partial charge in [0.15, 0.2) is 5.65 Å². The van der Waals surface area contributed by atoms with Gasteiger partial charge >= 0.3 is 0 Å². The average Bonchev–Trinajstić information content (AvgIpc) is 2.90. The molecule has 0 atom stereocenters. The Morgan fingerprint density at radius 3 is 2.80 bits per heavy atom. The topological polar surface area (TPSA) is 61.7 Å². The van der Waals surface area contributed by atoms with E-state index in [-0.39, 0.29) is 0 Å². The highest BCUT2D eigenvalue weighted by molar-refractivity contribution is 9.10. The van der Waals surface area contributed by atoms with Crippen molar-refractivity contribution in [1.82, 2.24) is 19.3 Å². The predicted octanol–water partition coefficient (Wildman–Crippen LogP) is 2.97. The molecule has 0 fully saturated rings. The molecule has 2 heterocycles. The molecule has 3 rings (SSSR count). The Morgan fingerprint density at radius 2 is 2.10 bits per heavy atom. The number of nitrogens with two attached hydrogens (primary N) is 1. The molecule has 0 aliphatic rings. The summed E-state index contributed by atoms with van der Waals surface area (Å²) in [5.74, 6) is 0.481. The van der Waals surface area contributed by atoms with Crippen molar-refractivity contribution in [1.29, 1.82) is 0 Å². The van der Waals surface area contributed by atoms with Crippen LogP contribution in [0.5, 0.6) is 0 Å². The second-order valence-electron chi connectivity index (χ2n) is 4.81. The van der Waals surface area contributed by atoms with E-state index in [9.17, 15) is 0 Å². The number of benzene rings is 1. The number of halogens is 1. The molecule has 3 aromatic rings. The fourth-order valence-corrected chi connectivity index (χ4v) is 2.92. The zero-order valence-corrected chi connectivity index (χ0v) is 13.3. The first-order valence-corrected chi connectivity index (χ1v) is 7.29. The highest BCUT2D eigenvalue weighted by atomic mass is 79.9. The van der Waals surface area contributed by atoms with Crippen LogP contribution in [-0.4, -0.2) is 19.3 Å². The van der Waals surface area contributed by atoms with Crippen molar-refractivity contribution in [3.63, 3.8) is 0 Å². The Morgan fingerprint density at radius 1 is 1.35 bits per heavy atom. The lowest BCUT2D eigenvalue weighted by Crippen LogP contribution is -2.06. The standard InChI is InChI=1S/C14H16BrN5/c1-4-9-12-13(19(3)18-9)20(14(16)17-12)10-7-5-6-8(2)11(10)15/h5-7H,4H2,1-3H3,(H2,16,17). The number of nitrogens with zero attached hydrogens (tertiary/aromatic N) is 4. The largest absolute Gasteiger partial charge is 0.369 e. The fourth-order valence-electron chi connectivity index (χ4n) is 2.48. The zero-order valence-electron chi connectivity index (χ0n) is 11.7. The molecule has 0 saturated carbocycles. The molecular formula is C14H16BrN5. The molecule has 0 saturated heterocycles. The summed E-state index contributed by atoms with van der Waals surface area (Å²) in [5.41, 5.74) is 11.0. The van der Waals surface area contributed by atoms with E-state index in [1.165, 1.54) is 0 Å². The normalized spacial score (nSPS) is 11.4. The Balaban J connectivity index is 2.39. The van der Waals surface area contributed by atoms with Gasteiger partial charge in [0.1, 0.15) is 5.52 Å². The van der Waals surface area contributed by atoms with Gasteiger partial charge in [-0.2, -0.15) is 5.10 Å². The van der Waals surface area contributed by atoms with Gasteiger partial charge in [-0.25, -0.2) is 9.67 Å². The maximum Gasteiger partial charge on any atom is 0.207 e. The van der Waals surface area contributed by atoms with Crippen LogP contribution in [0.2, 0.25) is 0 Å². The van der Waals surface area contributed by atoms with Crippen molar-refractivity contribution < 1.29 is 0 Å². The summed E-state index contributed by atoms with van der Waals surface area (Å²) in [5, 5.41) is 4.51. The minimum absolute atomic E-state index is 0.481. The van der Waals surface area contributed by atoms with Gasteiger partial charge in [0.2, 0.25) is 5.95 Å². The summed E-state index contributed by atoms with van der Waals surface area (Å²) < 4.78 is 4.80. The van der Waals surface area contributed by atoms with Gasteiger partial charge in [-0.3, -0.25) is 4.57 Å². The summed E-state index contributed by atoms with van der Waals surface area (Å²) in [6, 6.07) is 6.09. The predicted molar refractivity (Wildman–Crippen MR) is 84.1 cm³/mol. The molecule has 20 heavy (non-hydrogen) atoms. The molecule has 0 unspecified atom stereocenters. The van der Waals surface area contributed by atoms with E-state index in [1.54, 1.807) is 0 Å². The van der Waals surface area contributed by atoms with Crippen LogP contribution in [0.25, 0.3) is 16.9 Å². The van der Waals surface area contributed by atoms with Crippen LogP contribution in [0.4, 0.5) is 5.95 Å². The summed E-state index contributed by atoms with van der Waals surface area (Å²) in [6.45, 7) is 4.12. The van der Waals surface area contributed by atoms with E-state index in [2.05, 4.69) is 45.9 Å². The molecule has 0 bridgehead atoms. The molecule has 0 aliphatic heterocycles. The molecule has 0 aliphatic carbocycles. The van der Waals surface area contributed by atoms with E-state index in [0.29, 0.717) is 5.95 Å². The molecule has 1 aromatic carbocycles. The molecule has 2 N–H and O–H groups in total. The number of imidazole rings is 1. The third kappa shape index (κ3) is 1.75. The highest BCUT2D eigenvalue weighted by Gasteiger charge is 2.19. The van der Waals surface area contributed by atoms with Gasteiger partial charge in [0, 0.05) is 11.5 Å². The summed E-state index contributed by atoms with van der Waals surface area (Å²) in [6.07, 6.45) is 0.836. The number of rotatable bonds is 2. The summed E-state index contributed by atoms with van der Waals surface area (Å²) >= 11 is 3.64. The lowest BCUT2D eigenvalue weighted by atomic mass is 10.2. The molecule has 0 radical (unpaired) electrons. The van der Waals surface area contributed by atoms with Crippen LogP contribution in [0.1, 0.15) is 18.2 Å². The van der Waals surface area contributed by atoms with Gasteiger partial charge in [-0.05, 0) is 40.9 Å². The third-order valence-electron chi connectivity index (χ3n) is 3.48. The van der Waals surface area contributed by atoms with E-state index in [0.717, 1.165) is 39.0 Å². The Kier molecular flexibility index (Phi) is 3.05. The first kappa shape index (κ1) is 13.2. The Labute approximate surface area is 125 Å². The first-order chi connectivity index (χ1) is 9.54. The molecule has 2 aromatic heterocycles. The molecule has 0 spiro atoms. The smallest absolute Gasteiger partial charge is 0.207 e. The number of anilines is 1. The summed E-state index contributed by atoms with van der Waals surface area (Å²) in [7, 11) is 1.92. The van der Waals surface area contributed by atoms with Crippen LogP contribution >= 0.6 is 15.9 Å². The summed E-state index contributed by atoms with van der Waals surface area (Å²) in [4.78, 5) is 4.49. The molecule has 5 nitrogen and oxygen atoms in total. The van der Waals surface area contributed by atoms with Gasteiger partial charge in [-0.1, -0.05) is 19.1 Å². The lowest BCUT2D eigenvalue weighted by Gasteiger charge is -2.10. The number of aryl methyl sites for hydroxylation is 3. The van der Waals surface area contributed by atoms with Crippen LogP contribution in [0, 0.1) is 6.92 Å². The van der Waals surface area contributed by atoms with E-state index < -0.39 is 0 Å². The Hall–Kier alpha value is -1.82. The minimum Gasteiger partial charge on any atom is -0.369 e. The number of hydrogen-bond donors (Lipinski definition) is 1. The van der Waals surface area contributed by atoms with Crippen molar-refractivity contribution >= 4 is 33.0 Å². The van der Waals surface area contributed by atoms with Gasteiger partial charge in [0.05, 0.1) is 11.4 Å². The van der Waals surface area contributed by atoms with Crippen LogP contribution in [0.15, 0.2) is 22.7 Å². The molecular weight excluding hydrogens is 318 g/mol. The first-order valence-electron chi connectivity index (χ1n) is 6.49. The number of hydrogen-bond acceptors (Lipinski definition) is 3. The molecule has 0 amide bonds. The lowest BCUT2D eigenvalue weighted by molar-refractivity contribution is 0.751. The van der Waals surface area contributed by atoms with E-state index >= 15 is 0 Å². The van der Waals surface area contributed by atoms with Crippen molar-refractivity contribution in [3.05, 3.63) is 33.9 Å². The quantitative estimate of drug-likeness (QED) is 0.784. The third-order valence-corrected chi connectivity index (χ3v) is 4.51. The zero-order chi connectivity index (χ0) is 14.4. The van der Waals surface area contributed by atoms with E-state index in [1.807, 2.05) is 28.4 Å². The maximum atomic E-state index is 6.13. The fraction of sp³-hybridized carbons (Fsp3) is 0.286. The van der Waals surface area contributed by atoms with Crippen LogP contribution < -0.4 is 5.73 Å². The highest BCUT2D eigenvalue weighted by Crippen LogP contribution is 2.31. The van der Waals surface area contributed by atoms with Gasteiger partial charge in [0.25, 0.3) is 0 Å². The second kappa shape index (κ2) is 4.63. The second-order valence-corrected chi connectivity index (χ2v) is 5.60. The molecule has 6 heteroatoms.